The second-order valence-corrected chi connectivity index (χ2v) is 6.68. The van der Waals surface area contributed by atoms with Crippen molar-refractivity contribution in [3.05, 3.63) is 29.6 Å². The second kappa shape index (κ2) is 7.90. The summed E-state index contributed by atoms with van der Waals surface area (Å²) in [7, 11) is 8.42. The maximum Gasteiger partial charge on any atom is 0.112 e. The quantitative estimate of drug-likeness (QED) is 0.813. The lowest BCUT2D eigenvalue weighted by Crippen LogP contribution is -2.29. The van der Waals surface area contributed by atoms with Gasteiger partial charge in [-0.3, -0.25) is 0 Å². The average molecular weight is 318 g/mol. The predicted molar refractivity (Wildman–Crippen MR) is 96.0 cm³/mol. The molecule has 1 atom stereocenters. The van der Waals surface area contributed by atoms with Crippen molar-refractivity contribution in [2.75, 3.05) is 47.9 Å². The van der Waals surface area contributed by atoms with Crippen LogP contribution in [0, 0.1) is 0 Å². The summed E-state index contributed by atoms with van der Waals surface area (Å²) in [6.45, 7) is 6.75. The van der Waals surface area contributed by atoms with Crippen LogP contribution in [0.1, 0.15) is 37.3 Å². The molecule has 1 aromatic carbocycles. The molecule has 2 rings (SSSR count). The van der Waals surface area contributed by atoms with E-state index in [1.54, 1.807) is 0 Å². The zero-order valence-corrected chi connectivity index (χ0v) is 15.3. The molecule has 1 unspecified atom stereocenters. The van der Waals surface area contributed by atoms with E-state index >= 15 is 0 Å². The molecule has 0 aliphatic heterocycles. The fourth-order valence-corrected chi connectivity index (χ4v) is 3.05. The number of fused-ring (bicyclic) bond motifs is 1. The lowest BCUT2D eigenvalue weighted by molar-refractivity contribution is 0.0773. The number of imidazole rings is 1. The number of hydrogen-bond donors (Lipinski definition) is 1. The predicted octanol–water partition coefficient (Wildman–Crippen LogP) is 2.87. The molecular weight excluding hydrogens is 288 g/mol. The van der Waals surface area contributed by atoms with Crippen molar-refractivity contribution in [2.45, 2.75) is 25.9 Å². The number of nitrogens with one attached hydrogen (secondary N) is 1. The fourth-order valence-electron chi connectivity index (χ4n) is 3.05. The zero-order valence-electron chi connectivity index (χ0n) is 15.3. The van der Waals surface area contributed by atoms with Crippen molar-refractivity contribution in [3.8, 4) is 0 Å². The van der Waals surface area contributed by atoms with Gasteiger partial charge >= 0.3 is 0 Å². The van der Waals surface area contributed by atoms with Crippen molar-refractivity contribution in [1.82, 2.24) is 19.8 Å². The molecule has 0 spiro atoms. The van der Waals surface area contributed by atoms with Crippen LogP contribution in [0.4, 0.5) is 0 Å². The third kappa shape index (κ3) is 4.53. The van der Waals surface area contributed by atoms with Crippen LogP contribution in [-0.4, -0.2) is 67.7 Å². The van der Waals surface area contributed by atoms with E-state index < -0.39 is 0 Å². The first-order valence-electron chi connectivity index (χ1n) is 8.32. The van der Waals surface area contributed by atoms with Gasteiger partial charge in [-0.05, 0) is 48.1 Å². The number of aromatic amines is 1. The normalized spacial score (nSPS) is 13.6. The first kappa shape index (κ1) is 17.9. The number of H-pyrrole nitrogens is 1. The minimum absolute atomic E-state index is 0.0565. The van der Waals surface area contributed by atoms with Crippen LogP contribution in [0.5, 0.6) is 0 Å². The van der Waals surface area contributed by atoms with Gasteiger partial charge in [-0.1, -0.05) is 12.1 Å². The summed E-state index contributed by atoms with van der Waals surface area (Å²) in [4.78, 5) is 12.9. The van der Waals surface area contributed by atoms with Gasteiger partial charge in [0.15, 0.2) is 0 Å². The number of ether oxygens (including phenoxy) is 1. The Morgan fingerprint density at radius 2 is 1.78 bits per heavy atom. The number of likely N-dealkylation sites (N-methyl/N-ethyl adjacent to an activating group) is 2. The van der Waals surface area contributed by atoms with Crippen molar-refractivity contribution in [1.29, 1.82) is 0 Å². The van der Waals surface area contributed by atoms with E-state index in [0.29, 0.717) is 12.5 Å². The molecule has 5 heteroatoms. The Hall–Kier alpha value is -1.43. The van der Waals surface area contributed by atoms with Crippen LogP contribution in [0.3, 0.4) is 0 Å². The SMILES string of the molecule is CCOC(C)c1cccc2[nH]c(C(CN(C)C)CN(C)C)nc12. The summed E-state index contributed by atoms with van der Waals surface area (Å²) >= 11 is 0. The minimum atomic E-state index is 0.0565. The molecular formula is C18H30N4O. The molecule has 2 aromatic rings. The Morgan fingerprint density at radius 3 is 2.35 bits per heavy atom. The summed E-state index contributed by atoms with van der Waals surface area (Å²) in [5.41, 5.74) is 3.28. The lowest BCUT2D eigenvalue weighted by Gasteiger charge is -2.22. The molecule has 0 aliphatic carbocycles. The van der Waals surface area contributed by atoms with Crippen LogP contribution >= 0.6 is 0 Å². The van der Waals surface area contributed by atoms with E-state index in [9.17, 15) is 0 Å². The minimum Gasteiger partial charge on any atom is -0.374 e. The topological polar surface area (TPSA) is 44.4 Å². The van der Waals surface area contributed by atoms with Gasteiger partial charge in [0.05, 0.1) is 17.1 Å². The third-order valence-electron chi connectivity index (χ3n) is 3.97. The van der Waals surface area contributed by atoms with Gasteiger partial charge in [-0.2, -0.15) is 0 Å². The Bertz CT molecular complexity index is 611. The van der Waals surface area contributed by atoms with Crippen molar-refractivity contribution in [3.63, 3.8) is 0 Å². The van der Waals surface area contributed by atoms with Crippen LogP contribution in [0.15, 0.2) is 18.2 Å². The van der Waals surface area contributed by atoms with Crippen molar-refractivity contribution >= 4 is 11.0 Å². The number of para-hydroxylation sites is 1. The monoisotopic (exact) mass is 318 g/mol. The molecule has 5 nitrogen and oxygen atoms in total. The van der Waals surface area contributed by atoms with E-state index in [2.05, 4.69) is 68.1 Å². The summed E-state index contributed by atoms with van der Waals surface area (Å²) in [6, 6.07) is 6.28. The second-order valence-electron chi connectivity index (χ2n) is 6.68. The number of nitrogens with zero attached hydrogens (tertiary/aromatic N) is 3. The van der Waals surface area contributed by atoms with E-state index in [-0.39, 0.29) is 6.10 Å². The summed E-state index contributed by atoms with van der Waals surface area (Å²) in [6.07, 6.45) is 0.0565. The van der Waals surface area contributed by atoms with Crippen LogP contribution < -0.4 is 0 Å². The molecule has 1 heterocycles. The van der Waals surface area contributed by atoms with Crippen LogP contribution in [0.25, 0.3) is 11.0 Å². The van der Waals surface area contributed by atoms with E-state index in [1.807, 2.05) is 6.92 Å². The zero-order chi connectivity index (χ0) is 17.0. The molecule has 23 heavy (non-hydrogen) atoms. The first-order chi connectivity index (χ1) is 10.9. The third-order valence-corrected chi connectivity index (χ3v) is 3.97. The van der Waals surface area contributed by atoms with Gasteiger partial charge < -0.3 is 19.5 Å². The number of benzene rings is 1. The Kier molecular flexibility index (Phi) is 6.16. The molecule has 0 saturated carbocycles. The number of aromatic nitrogens is 2. The molecule has 0 saturated heterocycles. The Labute approximate surface area is 139 Å². The lowest BCUT2D eigenvalue weighted by atomic mass is 10.1. The fraction of sp³-hybridized carbons (Fsp3) is 0.611. The van der Waals surface area contributed by atoms with Gasteiger partial charge in [0.2, 0.25) is 0 Å². The van der Waals surface area contributed by atoms with Gasteiger partial charge in [0, 0.05) is 31.2 Å². The number of hydrogen-bond acceptors (Lipinski definition) is 4. The Balaban J connectivity index is 2.39. The Morgan fingerprint density at radius 1 is 1.13 bits per heavy atom. The summed E-state index contributed by atoms with van der Waals surface area (Å²) < 4.78 is 5.76. The molecule has 0 bridgehead atoms. The molecule has 0 aliphatic rings. The molecule has 0 amide bonds. The molecule has 0 radical (unpaired) electrons. The van der Waals surface area contributed by atoms with Gasteiger partial charge in [0.25, 0.3) is 0 Å². The van der Waals surface area contributed by atoms with Crippen molar-refractivity contribution in [2.24, 2.45) is 0 Å². The molecule has 0 fully saturated rings. The highest BCUT2D eigenvalue weighted by molar-refractivity contribution is 5.79. The van der Waals surface area contributed by atoms with E-state index in [1.165, 1.54) is 0 Å². The first-order valence-corrected chi connectivity index (χ1v) is 8.32. The largest absolute Gasteiger partial charge is 0.374 e. The highest BCUT2D eigenvalue weighted by Gasteiger charge is 2.20. The smallest absolute Gasteiger partial charge is 0.112 e. The summed E-state index contributed by atoms with van der Waals surface area (Å²) in [5, 5.41) is 0. The van der Waals surface area contributed by atoms with Gasteiger partial charge in [-0.15, -0.1) is 0 Å². The van der Waals surface area contributed by atoms with Gasteiger partial charge in [-0.25, -0.2) is 4.98 Å². The maximum absolute atomic E-state index is 5.76. The van der Waals surface area contributed by atoms with Crippen LogP contribution in [-0.2, 0) is 4.74 Å². The highest BCUT2D eigenvalue weighted by Crippen LogP contribution is 2.27. The van der Waals surface area contributed by atoms with Crippen molar-refractivity contribution < 1.29 is 4.74 Å². The summed E-state index contributed by atoms with van der Waals surface area (Å²) in [5.74, 6) is 1.40. The molecule has 128 valence electrons. The average Bonchev–Trinajstić information content (AvgIpc) is 2.89. The van der Waals surface area contributed by atoms with Gasteiger partial charge in [0.1, 0.15) is 5.82 Å². The van der Waals surface area contributed by atoms with E-state index in [0.717, 1.165) is 35.5 Å². The number of rotatable bonds is 8. The molecule has 1 N–H and O–H groups in total. The standard InChI is InChI=1S/C18H30N4O/c1-7-23-13(2)15-9-8-10-16-17(15)20-18(19-16)14(11-21(3)4)12-22(5)6/h8-10,13-14H,7,11-12H2,1-6H3,(H,19,20). The molecule has 1 aromatic heterocycles. The maximum atomic E-state index is 5.76. The highest BCUT2D eigenvalue weighted by atomic mass is 16.5. The van der Waals surface area contributed by atoms with E-state index in [4.69, 9.17) is 9.72 Å². The van der Waals surface area contributed by atoms with Crippen LogP contribution in [0.2, 0.25) is 0 Å².